The van der Waals surface area contributed by atoms with E-state index in [4.69, 9.17) is 0 Å². The van der Waals surface area contributed by atoms with Gasteiger partial charge >= 0.3 is 0 Å². The largest absolute Gasteiger partial charge is 0.352 e. The first-order valence-corrected chi connectivity index (χ1v) is 10.8. The molecule has 0 spiro atoms. The van der Waals surface area contributed by atoms with Gasteiger partial charge in [-0.15, -0.1) is 10.2 Å². The maximum Gasteiger partial charge on any atom is 0.251 e. The molecule has 0 radical (unpaired) electrons. The molecule has 0 saturated carbocycles. The number of hydrogen-bond acceptors (Lipinski definition) is 4. The van der Waals surface area contributed by atoms with Crippen LogP contribution in [0.4, 0.5) is 4.39 Å². The van der Waals surface area contributed by atoms with Crippen molar-refractivity contribution in [1.82, 2.24) is 24.8 Å². The van der Waals surface area contributed by atoms with Crippen LogP contribution >= 0.6 is 0 Å². The van der Waals surface area contributed by atoms with Crippen molar-refractivity contribution in [3.8, 4) is 11.4 Å². The van der Waals surface area contributed by atoms with E-state index in [0.717, 1.165) is 18.5 Å². The third-order valence-corrected chi connectivity index (χ3v) is 5.90. The number of piperidine rings is 1. The quantitative estimate of drug-likeness (QED) is 0.601. The summed E-state index contributed by atoms with van der Waals surface area (Å²) >= 11 is 0. The van der Waals surface area contributed by atoms with Crippen molar-refractivity contribution in [2.75, 3.05) is 19.6 Å². The third kappa shape index (κ3) is 4.51. The number of carbonyl (C=O) groups excluding carboxylic acids is 1. The second kappa shape index (κ2) is 9.34. The predicted molar refractivity (Wildman–Crippen MR) is 115 cm³/mol. The van der Waals surface area contributed by atoms with Gasteiger partial charge in [-0.05, 0) is 68.6 Å². The molecule has 1 aliphatic rings. The van der Waals surface area contributed by atoms with Crippen LogP contribution in [0.5, 0.6) is 0 Å². The number of amides is 1. The Labute approximate surface area is 176 Å². The fourth-order valence-corrected chi connectivity index (χ4v) is 4.23. The highest BCUT2D eigenvalue weighted by atomic mass is 19.1. The van der Waals surface area contributed by atoms with E-state index in [2.05, 4.69) is 27.3 Å². The number of aromatic nitrogens is 3. The predicted octanol–water partition coefficient (Wildman–Crippen LogP) is 3.92. The van der Waals surface area contributed by atoms with E-state index < -0.39 is 0 Å². The summed E-state index contributed by atoms with van der Waals surface area (Å²) in [4.78, 5) is 15.1. The highest BCUT2D eigenvalue weighted by Crippen LogP contribution is 2.20. The first-order chi connectivity index (χ1) is 14.7. The second-order valence-electron chi connectivity index (χ2n) is 7.88. The van der Waals surface area contributed by atoms with Gasteiger partial charge in [0.2, 0.25) is 0 Å². The maximum atomic E-state index is 13.2. The van der Waals surface area contributed by atoms with Crippen LogP contribution in [0.25, 0.3) is 17.0 Å². The van der Waals surface area contributed by atoms with Crippen LogP contribution in [0.2, 0.25) is 0 Å². The van der Waals surface area contributed by atoms with Gasteiger partial charge in [0.15, 0.2) is 11.5 Å². The lowest BCUT2D eigenvalue weighted by molar-refractivity contribution is 0.0947. The highest BCUT2D eigenvalue weighted by molar-refractivity contribution is 5.95. The van der Waals surface area contributed by atoms with Gasteiger partial charge < -0.3 is 10.2 Å². The molecular weight excluding hydrogens is 381 g/mol. The van der Waals surface area contributed by atoms with Crippen molar-refractivity contribution < 1.29 is 9.18 Å². The van der Waals surface area contributed by atoms with Crippen molar-refractivity contribution in [3.05, 3.63) is 54.0 Å². The standard InChI is InChI=1S/C23H28FN5O/c1-2-20-6-3-4-13-28(20)14-5-12-25-23(30)18-11-15-29-21(16-18)26-27-22(29)17-7-9-19(24)10-8-17/h7-11,15-16,20H,2-6,12-14H2,1H3,(H,25,30)/t20-/m1/s1. The summed E-state index contributed by atoms with van der Waals surface area (Å²) in [5.41, 5.74) is 1.91. The van der Waals surface area contributed by atoms with Crippen molar-refractivity contribution in [2.24, 2.45) is 0 Å². The molecule has 1 aliphatic heterocycles. The number of rotatable bonds is 7. The Kier molecular flexibility index (Phi) is 6.38. The summed E-state index contributed by atoms with van der Waals surface area (Å²) in [5, 5.41) is 11.4. The molecule has 0 aliphatic carbocycles. The average molecular weight is 410 g/mol. The Morgan fingerprint density at radius 1 is 1.20 bits per heavy atom. The van der Waals surface area contributed by atoms with Gasteiger partial charge in [0, 0.05) is 36.5 Å². The molecule has 1 N–H and O–H groups in total. The Morgan fingerprint density at radius 3 is 2.83 bits per heavy atom. The van der Waals surface area contributed by atoms with E-state index in [1.165, 1.54) is 44.4 Å². The van der Waals surface area contributed by atoms with Crippen molar-refractivity contribution in [1.29, 1.82) is 0 Å². The van der Waals surface area contributed by atoms with E-state index >= 15 is 0 Å². The molecule has 6 nitrogen and oxygen atoms in total. The first-order valence-electron chi connectivity index (χ1n) is 10.8. The van der Waals surface area contributed by atoms with Gasteiger partial charge in [-0.3, -0.25) is 9.20 Å². The number of hydrogen-bond donors (Lipinski definition) is 1. The molecule has 2 aromatic heterocycles. The van der Waals surface area contributed by atoms with Crippen molar-refractivity contribution in [2.45, 2.75) is 45.1 Å². The van der Waals surface area contributed by atoms with Crippen LogP contribution in [0.15, 0.2) is 42.6 Å². The number of fused-ring (bicyclic) bond motifs is 1. The van der Waals surface area contributed by atoms with Gasteiger partial charge in [-0.2, -0.15) is 0 Å². The van der Waals surface area contributed by atoms with E-state index in [0.29, 0.717) is 29.6 Å². The van der Waals surface area contributed by atoms with Crippen LogP contribution in [-0.4, -0.2) is 51.1 Å². The molecule has 0 unspecified atom stereocenters. The van der Waals surface area contributed by atoms with Crippen LogP contribution in [0.3, 0.4) is 0 Å². The van der Waals surface area contributed by atoms with Crippen LogP contribution in [-0.2, 0) is 0 Å². The topological polar surface area (TPSA) is 62.5 Å². The Bertz CT molecular complexity index is 1000. The highest BCUT2D eigenvalue weighted by Gasteiger charge is 2.20. The summed E-state index contributed by atoms with van der Waals surface area (Å²) < 4.78 is 15.0. The molecule has 3 heterocycles. The zero-order valence-electron chi connectivity index (χ0n) is 17.4. The van der Waals surface area contributed by atoms with Crippen molar-refractivity contribution >= 4 is 11.6 Å². The molecule has 7 heteroatoms. The number of benzene rings is 1. The van der Waals surface area contributed by atoms with Crippen LogP contribution < -0.4 is 5.32 Å². The monoisotopic (exact) mass is 409 g/mol. The maximum absolute atomic E-state index is 13.2. The number of nitrogens with one attached hydrogen (secondary N) is 1. The summed E-state index contributed by atoms with van der Waals surface area (Å²) in [6.07, 6.45) is 7.83. The van der Waals surface area contributed by atoms with E-state index in [1.54, 1.807) is 34.9 Å². The summed E-state index contributed by atoms with van der Waals surface area (Å²) in [6, 6.07) is 10.3. The minimum atomic E-state index is -0.294. The van der Waals surface area contributed by atoms with Gasteiger partial charge in [0.25, 0.3) is 5.91 Å². The van der Waals surface area contributed by atoms with Crippen LogP contribution in [0, 0.1) is 5.82 Å². The molecular formula is C23H28FN5O. The summed E-state index contributed by atoms with van der Waals surface area (Å²) in [7, 11) is 0. The fourth-order valence-electron chi connectivity index (χ4n) is 4.23. The Morgan fingerprint density at radius 2 is 2.03 bits per heavy atom. The molecule has 158 valence electrons. The zero-order chi connectivity index (χ0) is 20.9. The Balaban J connectivity index is 1.35. The summed E-state index contributed by atoms with van der Waals surface area (Å²) in [5.74, 6) is 0.218. The minimum Gasteiger partial charge on any atom is -0.352 e. The lowest BCUT2D eigenvalue weighted by atomic mass is 10.00. The number of carbonyl (C=O) groups is 1. The third-order valence-electron chi connectivity index (χ3n) is 5.90. The molecule has 1 aromatic carbocycles. The SMILES string of the molecule is CC[C@@H]1CCCCN1CCCNC(=O)c1ccn2c(-c3ccc(F)cc3)nnc2c1. The van der Waals surface area contributed by atoms with Gasteiger partial charge in [0.05, 0.1) is 0 Å². The van der Waals surface area contributed by atoms with E-state index in [-0.39, 0.29) is 11.7 Å². The lowest BCUT2D eigenvalue weighted by Gasteiger charge is -2.35. The Hall–Kier alpha value is -2.80. The molecule has 1 amide bonds. The zero-order valence-corrected chi connectivity index (χ0v) is 17.4. The minimum absolute atomic E-state index is 0.102. The molecule has 1 fully saturated rings. The normalized spacial score (nSPS) is 17.3. The number of halogens is 1. The lowest BCUT2D eigenvalue weighted by Crippen LogP contribution is -2.40. The molecule has 0 bridgehead atoms. The van der Waals surface area contributed by atoms with Gasteiger partial charge in [0.1, 0.15) is 5.82 Å². The summed E-state index contributed by atoms with van der Waals surface area (Å²) in [6.45, 7) is 5.12. The molecule has 4 rings (SSSR count). The second-order valence-corrected chi connectivity index (χ2v) is 7.88. The fraction of sp³-hybridized carbons (Fsp3) is 0.435. The number of likely N-dealkylation sites (tertiary alicyclic amines) is 1. The van der Waals surface area contributed by atoms with Gasteiger partial charge in [-0.25, -0.2) is 4.39 Å². The van der Waals surface area contributed by atoms with Gasteiger partial charge in [-0.1, -0.05) is 13.3 Å². The number of nitrogens with zero attached hydrogens (tertiary/aromatic N) is 4. The molecule has 1 saturated heterocycles. The average Bonchev–Trinajstić information content (AvgIpc) is 3.20. The molecule has 3 aromatic rings. The van der Waals surface area contributed by atoms with E-state index in [9.17, 15) is 9.18 Å². The smallest absolute Gasteiger partial charge is 0.251 e. The van der Waals surface area contributed by atoms with Crippen molar-refractivity contribution in [3.63, 3.8) is 0 Å². The van der Waals surface area contributed by atoms with Crippen LogP contribution in [0.1, 0.15) is 49.4 Å². The number of pyridine rings is 1. The first kappa shape index (κ1) is 20.5. The molecule has 30 heavy (non-hydrogen) atoms. The van der Waals surface area contributed by atoms with E-state index in [1.807, 2.05) is 0 Å². The molecule has 1 atom stereocenters.